The number of hydrogen-bond donors (Lipinski definition) is 1. The van der Waals surface area contributed by atoms with Crippen LogP contribution in [-0.2, 0) is 16.0 Å². The largest absolute Gasteiger partial charge is 0.351 e. The summed E-state index contributed by atoms with van der Waals surface area (Å²) in [5.41, 5.74) is 3.48. The summed E-state index contributed by atoms with van der Waals surface area (Å²) < 4.78 is 0. The second-order valence-electron chi connectivity index (χ2n) is 6.79. The highest BCUT2D eigenvalue weighted by molar-refractivity contribution is 6.40. The van der Waals surface area contributed by atoms with Gasteiger partial charge in [-0.05, 0) is 49.4 Å². The predicted octanol–water partition coefficient (Wildman–Crippen LogP) is 3.62. The minimum atomic E-state index is -0.181. The number of carbonyl (C=O) groups excluding carboxylic acids is 2. The standard InChI is InChI=1S/C22H25N3O2/c1-17-8-7-12-19(16-17)25-21(26)14-13-20(24-25)22(27)23-15-6-5-11-18-9-3-2-4-10-18/h2-4,7-10,12,16H,5-6,11,13-15H2,1H3,(H,23,27). The first kappa shape index (κ1) is 18.8. The van der Waals surface area contributed by atoms with E-state index in [1.54, 1.807) is 0 Å². The molecule has 140 valence electrons. The molecule has 0 unspecified atom stereocenters. The van der Waals surface area contributed by atoms with Crippen LogP contribution in [0, 0.1) is 6.92 Å². The number of nitrogens with one attached hydrogen (secondary N) is 1. The summed E-state index contributed by atoms with van der Waals surface area (Å²) in [6, 6.07) is 17.9. The molecule has 0 atom stereocenters. The molecule has 3 rings (SSSR count). The van der Waals surface area contributed by atoms with Crippen molar-refractivity contribution in [2.45, 2.75) is 39.0 Å². The van der Waals surface area contributed by atoms with Gasteiger partial charge >= 0.3 is 0 Å². The molecule has 0 bridgehead atoms. The fourth-order valence-corrected chi connectivity index (χ4v) is 3.08. The van der Waals surface area contributed by atoms with Gasteiger partial charge in [0.05, 0.1) is 5.69 Å². The molecular formula is C22H25N3O2. The zero-order valence-electron chi connectivity index (χ0n) is 15.6. The second kappa shape index (κ2) is 9.12. The molecule has 0 radical (unpaired) electrons. The maximum absolute atomic E-state index is 12.4. The molecule has 0 fully saturated rings. The van der Waals surface area contributed by atoms with Gasteiger partial charge in [0.15, 0.2) is 0 Å². The fourth-order valence-electron chi connectivity index (χ4n) is 3.08. The average molecular weight is 363 g/mol. The van der Waals surface area contributed by atoms with E-state index in [2.05, 4.69) is 22.6 Å². The van der Waals surface area contributed by atoms with E-state index in [1.165, 1.54) is 10.6 Å². The van der Waals surface area contributed by atoms with Gasteiger partial charge in [-0.25, -0.2) is 5.01 Å². The van der Waals surface area contributed by atoms with Crippen LogP contribution in [0.3, 0.4) is 0 Å². The number of unbranched alkanes of at least 4 members (excludes halogenated alkanes) is 1. The molecule has 1 heterocycles. The molecule has 2 aromatic carbocycles. The minimum Gasteiger partial charge on any atom is -0.351 e. The number of amides is 2. The van der Waals surface area contributed by atoms with Gasteiger partial charge in [-0.1, -0.05) is 42.5 Å². The van der Waals surface area contributed by atoms with Crippen molar-refractivity contribution in [2.75, 3.05) is 11.6 Å². The van der Waals surface area contributed by atoms with Gasteiger partial charge in [0, 0.05) is 19.4 Å². The number of anilines is 1. The highest BCUT2D eigenvalue weighted by atomic mass is 16.2. The van der Waals surface area contributed by atoms with Crippen LogP contribution in [0.15, 0.2) is 59.7 Å². The normalized spacial score (nSPS) is 14.0. The van der Waals surface area contributed by atoms with Crippen LogP contribution in [-0.4, -0.2) is 24.1 Å². The highest BCUT2D eigenvalue weighted by Gasteiger charge is 2.25. The lowest BCUT2D eigenvalue weighted by Crippen LogP contribution is -2.39. The Hall–Kier alpha value is -2.95. The van der Waals surface area contributed by atoms with Gasteiger partial charge in [-0.3, -0.25) is 9.59 Å². The Labute approximate surface area is 160 Å². The summed E-state index contributed by atoms with van der Waals surface area (Å²) in [4.78, 5) is 24.6. The van der Waals surface area contributed by atoms with E-state index in [0.717, 1.165) is 24.8 Å². The van der Waals surface area contributed by atoms with Crippen LogP contribution in [0.25, 0.3) is 0 Å². The number of aryl methyl sites for hydroxylation is 2. The van der Waals surface area contributed by atoms with Crippen molar-refractivity contribution in [1.29, 1.82) is 0 Å². The Bertz CT molecular complexity index is 830. The number of nitrogens with zero attached hydrogens (tertiary/aromatic N) is 2. The zero-order valence-corrected chi connectivity index (χ0v) is 15.6. The number of hydrazone groups is 1. The van der Waals surface area contributed by atoms with Gasteiger partial charge in [0.2, 0.25) is 5.91 Å². The minimum absolute atomic E-state index is 0.0833. The van der Waals surface area contributed by atoms with Crippen molar-refractivity contribution >= 4 is 23.2 Å². The van der Waals surface area contributed by atoms with Gasteiger partial charge in [-0.15, -0.1) is 0 Å². The number of hydrogen-bond acceptors (Lipinski definition) is 3. The third-order valence-corrected chi connectivity index (χ3v) is 4.56. The summed E-state index contributed by atoms with van der Waals surface area (Å²) in [7, 11) is 0. The smallest absolute Gasteiger partial charge is 0.267 e. The first-order valence-corrected chi connectivity index (χ1v) is 9.43. The van der Waals surface area contributed by atoms with Crippen molar-refractivity contribution in [2.24, 2.45) is 5.10 Å². The number of carbonyl (C=O) groups is 2. The van der Waals surface area contributed by atoms with Gasteiger partial charge in [-0.2, -0.15) is 5.10 Å². The molecule has 0 aromatic heterocycles. The maximum Gasteiger partial charge on any atom is 0.267 e. The van der Waals surface area contributed by atoms with Crippen molar-refractivity contribution in [3.8, 4) is 0 Å². The Kier molecular flexibility index (Phi) is 6.36. The van der Waals surface area contributed by atoms with Crippen LogP contribution in [0.2, 0.25) is 0 Å². The number of rotatable bonds is 7. The van der Waals surface area contributed by atoms with E-state index in [4.69, 9.17) is 0 Å². The van der Waals surface area contributed by atoms with Crippen molar-refractivity contribution < 1.29 is 9.59 Å². The Morgan fingerprint density at radius 2 is 1.89 bits per heavy atom. The molecule has 1 N–H and O–H groups in total. The van der Waals surface area contributed by atoms with Gasteiger partial charge in [0.25, 0.3) is 5.91 Å². The summed E-state index contributed by atoms with van der Waals surface area (Å²) in [5, 5.41) is 8.59. The quantitative estimate of drug-likeness (QED) is 0.764. The van der Waals surface area contributed by atoms with Crippen LogP contribution in [0.4, 0.5) is 5.69 Å². The molecule has 27 heavy (non-hydrogen) atoms. The van der Waals surface area contributed by atoms with E-state index in [9.17, 15) is 9.59 Å². The van der Waals surface area contributed by atoms with E-state index in [0.29, 0.717) is 30.8 Å². The van der Waals surface area contributed by atoms with E-state index in [-0.39, 0.29) is 11.8 Å². The molecule has 2 aromatic rings. The van der Waals surface area contributed by atoms with Crippen LogP contribution >= 0.6 is 0 Å². The molecule has 1 aliphatic heterocycles. The van der Waals surface area contributed by atoms with Crippen LogP contribution in [0.1, 0.15) is 36.8 Å². The average Bonchev–Trinajstić information content (AvgIpc) is 2.68. The van der Waals surface area contributed by atoms with Crippen LogP contribution < -0.4 is 10.3 Å². The SMILES string of the molecule is Cc1cccc(N2N=C(C(=O)NCCCCc3ccccc3)CCC2=O)c1. The molecule has 0 spiro atoms. The summed E-state index contributed by atoms with van der Waals surface area (Å²) >= 11 is 0. The molecule has 1 aliphatic rings. The zero-order chi connectivity index (χ0) is 19.1. The molecule has 2 amide bonds. The molecule has 5 heteroatoms. The Balaban J connectivity index is 1.51. The maximum atomic E-state index is 12.4. The van der Waals surface area contributed by atoms with Crippen molar-refractivity contribution in [3.63, 3.8) is 0 Å². The summed E-state index contributed by atoms with van der Waals surface area (Å²) in [5.74, 6) is -0.264. The molecule has 0 saturated heterocycles. The second-order valence-corrected chi connectivity index (χ2v) is 6.79. The highest BCUT2D eigenvalue weighted by Crippen LogP contribution is 2.21. The lowest BCUT2D eigenvalue weighted by Gasteiger charge is -2.23. The predicted molar refractivity (Wildman–Crippen MR) is 108 cm³/mol. The lowest BCUT2D eigenvalue weighted by atomic mass is 10.1. The monoisotopic (exact) mass is 363 g/mol. The van der Waals surface area contributed by atoms with E-state index < -0.39 is 0 Å². The van der Waals surface area contributed by atoms with Crippen molar-refractivity contribution in [3.05, 3.63) is 65.7 Å². The van der Waals surface area contributed by atoms with Gasteiger partial charge < -0.3 is 5.32 Å². The van der Waals surface area contributed by atoms with E-state index in [1.807, 2.05) is 49.4 Å². The molecule has 5 nitrogen and oxygen atoms in total. The Morgan fingerprint density at radius 3 is 2.67 bits per heavy atom. The van der Waals surface area contributed by atoms with E-state index >= 15 is 0 Å². The lowest BCUT2D eigenvalue weighted by molar-refractivity contribution is -0.118. The number of benzene rings is 2. The van der Waals surface area contributed by atoms with Crippen LogP contribution in [0.5, 0.6) is 0 Å². The van der Waals surface area contributed by atoms with Crippen molar-refractivity contribution in [1.82, 2.24) is 5.32 Å². The molecule has 0 saturated carbocycles. The Morgan fingerprint density at radius 1 is 1.07 bits per heavy atom. The topological polar surface area (TPSA) is 61.8 Å². The first-order valence-electron chi connectivity index (χ1n) is 9.43. The summed E-state index contributed by atoms with van der Waals surface area (Å²) in [6.07, 6.45) is 3.62. The first-order chi connectivity index (χ1) is 13.1. The van der Waals surface area contributed by atoms with Gasteiger partial charge in [0.1, 0.15) is 5.71 Å². The molecule has 0 aliphatic carbocycles. The molecular weight excluding hydrogens is 338 g/mol. The third kappa shape index (κ3) is 5.26. The summed E-state index contributed by atoms with van der Waals surface area (Å²) in [6.45, 7) is 2.58. The third-order valence-electron chi connectivity index (χ3n) is 4.56. The fraction of sp³-hybridized carbons (Fsp3) is 0.318.